The Morgan fingerprint density at radius 2 is 1.77 bits per heavy atom. The van der Waals surface area contributed by atoms with Crippen LogP contribution in [-0.4, -0.2) is 23.5 Å². The van der Waals surface area contributed by atoms with Crippen LogP contribution < -0.4 is 10.6 Å². The Bertz CT molecular complexity index is 621. The van der Waals surface area contributed by atoms with Crippen molar-refractivity contribution in [1.82, 2.24) is 15.6 Å². The quantitative estimate of drug-likeness (QED) is 0.861. The largest absolute Gasteiger partial charge is 0.352 e. The SMILES string of the molecule is C[C@H](NCC(=O)NC1CC1)c1ccc(-c2ccncc2)cc1. The van der Waals surface area contributed by atoms with Gasteiger partial charge in [0.25, 0.3) is 0 Å². The lowest BCUT2D eigenvalue weighted by atomic mass is 10.0. The maximum Gasteiger partial charge on any atom is 0.234 e. The van der Waals surface area contributed by atoms with Crippen LogP contribution >= 0.6 is 0 Å². The van der Waals surface area contributed by atoms with Gasteiger partial charge >= 0.3 is 0 Å². The van der Waals surface area contributed by atoms with E-state index in [4.69, 9.17) is 0 Å². The van der Waals surface area contributed by atoms with Crippen molar-refractivity contribution in [2.75, 3.05) is 6.54 Å². The van der Waals surface area contributed by atoms with E-state index in [1.165, 1.54) is 11.1 Å². The van der Waals surface area contributed by atoms with Crippen molar-refractivity contribution in [3.8, 4) is 11.1 Å². The van der Waals surface area contributed by atoms with Gasteiger partial charge in [0.1, 0.15) is 0 Å². The van der Waals surface area contributed by atoms with Crippen LogP contribution in [0.1, 0.15) is 31.4 Å². The molecule has 1 aliphatic rings. The van der Waals surface area contributed by atoms with Crippen molar-refractivity contribution in [2.24, 2.45) is 0 Å². The molecule has 114 valence electrons. The van der Waals surface area contributed by atoms with E-state index in [0.29, 0.717) is 12.6 Å². The number of hydrogen-bond acceptors (Lipinski definition) is 3. The molecule has 2 aromatic rings. The molecule has 1 saturated carbocycles. The monoisotopic (exact) mass is 295 g/mol. The lowest BCUT2D eigenvalue weighted by Gasteiger charge is -2.14. The van der Waals surface area contributed by atoms with Gasteiger partial charge in [-0.3, -0.25) is 9.78 Å². The van der Waals surface area contributed by atoms with E-state index >= 15 is 0 Å². The van der Waals surface area contributed by atoms with Crippen molar-refractivity contribution >= 4 is 5.91 Å². The normalized spacial score (nSPS) is 15.3. The summed E-state index contributed by atoms with van der Waals surface area (Å²) < 4.78 is 0. The van der Waals surface area contributed by atoms with Crippen LogP contribution in [0.2, 0.25) is 0 Å². The summed E-state index contributed by atoms with van der Waals surface area (Å²) in [6, 6.07) is 13.0. The van der Waals surface area contributed by atoms with E-state index in [0.717, 1.165) is 18.4 Å². The molecule has 1 aromatic carbocycles. The highest BCUT2D eigenvalue weighted by atomic mass is 16.2. The van der Waals surface area contributed by atoms with Gasteiger partial charge in [0.15, 0.2) is 0 Å². The summed E-state index contributed by atoms with van der Waals surface area (Å²) in [5, 5.41) is 6.25. The molecule has 0 radical (unpaired) electrons. The topological polar surface area (TPSA) is 54.0 Å². The fraction of sp³-hybridized carbons (Fsp3) is 0.333. The highest BCUT2D eigenvalue weighted by Gasteiger charge is 2.23. The lowest BCUT2D eigenvalue weighted by molar-refractivity contribution is -0.120. The van der Waals surface area contributed by atoms with E-state index in [1.807, 2.05) is 12.1 Å². The predicted octanol–water partition coefficient (Wildman–Crippen LogP) is 2.68. The van der Waals surface area contributed by atoms with Crippen LogP contribution in [0.3, 0.4) is 0 Å². The Labute approximate surface area is 131 Å². The number of nitrogens with zero attached hydrogens (tertiary/aromatic N) is 1. The molecular formula is C18H21N3O. The van der Waals surface area contributed by atoms with Gasteiger partial charge in [-0.15, -0.1) is 0 Å². The van der Waals surface area contributed by atoms with Crippen LogP contribution in [0.4, 0.5) is 0 Å². The second-order valence-electron chi connectivity index (χ2n) is 5.80. The van der Waals surface area contributed by atoms with Gasteiger partial charge in [0, 0.05) is 24.5 Å². The third-order valence-electron chi connectivity index (χ3n) is 3.94. The number of aromatic nitrogens is 1. The second kappa shape index (κ2) is 6.71. The molecule has 1 aromatic heterocycles. The second-order valence-corrected chi connectivity index (χ2v) is 5.80. The summed E-state index contributed by atoms with van der Waals surface area (Å²) in [6.45, 7) is 2.44. The number of amides is 1. The van der Waals surface area contributed by atoms with Crippen molar-refractivity contribution in [2.45, 2.75) is 31.8 Å². The van der Waals surface area contributed by atoms with E-state index < -0.39 is 0 Å². The number of carbonyl (C=O) groups excluding carboxylic acids is 1. The number of rotatable bonds is 6. The van der Waals surface area contributed by atoms with Gasteiger partial charge < -0.3 is 10.6 Å². The molecule has 22 heavy (non-hydrogen) atoms. The van der Waals surface area contributed by atoms with Crippen LogP contribution in [-0.2, 0) is 4.79 Å². The number of nitrogens with one attached hydrogen (secondary N) is 2. The maximum atomic E-state index is 11.7. The summed E-state index contributed by atoms with van der Waals surface area (Å²) >= 11 is 0. The van der Waals surface area contributed by atoms with Crippen LogP contribution in [0.15, 0.2) is 48.8 Å². The fourth-order valence-corrected chi connectivity index (χ4v) is 2.38. The molecule has 3 rings (SSSR count). The van der Waals surface area contributed by atoms with Crippen molar-refractivity contribution in [3.05, 3.63) is 54.4 Å². The number of benzene rings is 1. The molecule has 0 bridgehead atoms. The third-order valence-corrected chi connectivity index (χ3v) is 3.94. The number of pyridine rings is 1. The highest BCUT2D eigenvalue weighted by molar-refractivity contribution is 5.78. The molecule has 1 amide bonds. The zero-order valence-corrected chi connectivity index (χ0v) is 12.8. The number of hydrogen-bond donors (Lipinski definition) is 2. The maximum absolute atomic E-state index is 11.7. The minimum absolute atomic E-state index is 0.0859. The van der Waals surface area contributed by atoms with Crippen LogP contribution in [0.25, 0.3) is 11.1 Å². The van der Waals surface area contributed by atoms with E-state index in [1.54, 1.807) is 12.4 Å². The average molecular weight is 295 g/mol. The Kier molecular flexibility index (Phi) is 4.49. The Morgan fingerprint density at radius 3 is 2.41 bits per heavy atom. The smallest absolute Gasteiger partial charge is 0.234 e. The first-order valence-electron chi connectivity index (χ1n) is 7.75. The highest BCUT2D eigenvalue weighted by Crippen LogP contribution is 2.21. The van der Waals surface area contributed by atoms with Crippen molar-refractivity contribution in [1.29, 1.82) is 0 Å². The first kappa shape index (κ1) is 14.7. The summed E-state index contributed by atoms with van der Waals surface area (Å²) in [5.41, 5.74) is 3.51. The molecule has 2 N–H and O–H groups in total. The van der Waals surface area contributed by atoms with Crippen LogP contribution in [0.5, 0.6) is 0 Å². The van der Waals surface area contributed by atoms with Gasteiger partial charge in [-0.2, -0.15) is 0 Å². The van der Waals surface area contributed by atoms with E-state index in [-0.39, 0.29) is 11.9 Å². The first-order chi connectivity index (χ1) is 10.7. The van der Waals surface area contributed by atoms with Gasteiger partial charge in [0.2, 0.25) is 5.91 Å². The first-order valence-corrected chi connectivity index (χ1v) is 7.75. The Morgan fingerprint density at radius 1 is 1.14 bits per heavy atom. The Balaban J connectivity index is 1.56. The molecule has 0 saturated heterocycles. The molecule has 0 spiro atoms. The minimum Gasteiger partial charge on any atom is -0.352 e. The molecule has 0 aliphatic heterocycles. The molecule has 4 nitrogen and oxygen atoms in total. The number of carbonyl (C=O) groups is 1. The third kappa shape index (κ3) is 3.92. The molecule has 1 fully saturated rings. The van der Waals surface area contributed by atoms with Gasteiger partial charge in [-0.25, -0.2) is 0 Å². The summed E-state index contributed by atoms with van der Waals surface area (Å²) in [4.78, 5) is 15.7. The zero-order valence-electron chi connectivity index (χ0n) is 12.8. The van der Waals surface area contributed by atoms with Gasteiger partial charge in [0.05, 0.1) is 6.54 Å². The predicted molar refractivity (Wildman–Crippen MR) is 87.3 cm³/mol. The summed E-state index contributed by atoms with van der Waals surface area (Å²) in [6.07, 6.45) is 5.84. The minimum atomic E-state index is 0.0859. The van der Waals surface area contributed by atoms with Crippen LogP contribution in [0, 0.1) is 0 Å². The fourth-order valence-electron chi connectivity index (χ4n) is 2.38. The standard InChI is InChI=1S/C18H21N3O/c1-13(20-12-18(22)21-17-6-7-17)14-2-4-15(5-3-14)16-8-10-19-11-9-16/h2-5,8-11,13,17,20H,6-7,12H2,1H3,(H,21,22)/t13-/m0/s1. The zero-order chi connectivity index (χ0) is 15.4. The van der Waals surface area contributed by atoms with Gasteiger partial charge in [-0.05, 0) is 48.6 Å². The van der Waals surface area contributed by atoms with Gasteiger partial charge in [-0.1, -0.05) is 24.3 Å². The Hall–Kier alpha value is -2.20. The van der Waals surface area contributed by atoms with E-state index in [2.05, 4.69) is 46.8 Å². The molecule has 1 atom stereocenters. The van der Waals surface area contributed by atoms with Crippen molar-refractivity contribution in [3.63, 3.8) is 0 Å². The van der Waals surface area contributed by atoms with E-state index in [9.17, 15) is 4.79 Å². The molecule has 0 unspecified atom stereocenters. The average Bonchev–Trinajstić information content (AvgIpc) is 3.37. The molecule has 1 aliphatic carbocycles. The molecular weight excluding hydrogens is 274 g/mol. The molecule has 4 heteroatoms. The molecule has 1 heterocycles. The summed E-state index contributed by atoms with van der Waals surface area (Å²) in [7, 11) is 0. The lowest BCUT2D eigenvalue weighted by Crippen LogP contribution is -2.36. The summed E-state index contributed by atoms with van der Waals surface area (Å²) in [5.74, 6) is 0.0859. The van der Waals surface area contributed by atoms with Crippen molar-refractivity contribution < 1.29 is 4.79 Å².